The number of hydrogen-bond acceptors (Lipinski definition) is 2. The number of furan rings is 1. The SMILES string of the molecule is c1ccc(C[C@@H](CCNCc2ccco2)c2ccccc2)cc1. The molecule has 2 aromatic carbocycles. The molecule has 1 heterocycles. The molecule has 0 saturated heterocycles. The van der Waals surface area contributed by atoms with Crippen molar-refractivity contribution in [3.8, 4) is 0 Å². The third kappa shape index (κ3) is 4.83. The van der Waals surface area contributed by atoms with Crippen molar-refractivity contribution in [2.24, 2.45) is 0 Å². The van der Waals surface area contributed by atoms with Gasteiger partial charge in [0.25, 0.3) is 0 Å². The van der Waals surface area contributed by atoms with Crippen LogP contribution in [0.1, 0.15) is 29.2 Å². The molecular weight excluding hydrogens is 282 g/mol. The lowest BCUT2D eigenvalue weighted by molar-refractivity contribution is 0.472. The average Bonchev–Trinajstić information content (AvgIpc) is 3.13. The maximum absolute atomic E-state index is 5.36. The zero-order valence-corrected chi connectivity index (χ0v) is 13.3. The topological polar surface area (TPSA) is 25.2 Å². The molecule has 1 atom stereocenters. The summed E-state index contributed by atoms with van der Waals surface area (Å²) in [5.41, 5.74) is 2.81. The summed E-state index contributed by atoms with van der Waals surface area (Å²) in [6.07, 6.45) is 3.91. The maximum Gasteiger partial charge on any atom is 0.117 e. The average molecular weight is 305 g/mol. The van der Waals surface area contributed by atoms with Crippen LogP contribution < -0.4 is 5.32 Å². The van der Waals surface area contributed by atoms with Crippen molar-refractivity contribution in [3.63, 3.8) is 0 Å². The van der Waals surface area contributed by atoms with Gasteiger partial charge in [0, 0.05) is 0 Å². The molecule has 0 aliphatic rings. The van der Waals surface area contributed by atoms with E-state index in [0.717, 1.165) is 31.7 Å². The summed E-state index contributed by atoms with van der Waals surface area (Å²) in [6.45, 7) is 1.77. The number of rotatable bonds is 8. The lowest BCUT2D eigenvalue weighted by Gasteiger charge is -2.18. The predicted octanol–water partition coefficient (Wildman–Crippen LogP) is 4.79. The van der Waals surface area contributed by atoms with Gasteiger partial charge in [-0.1, -0.05) is 60.7 Å². The van der Waals surface area contributed by atoms with Crippen LogP contribution in [0, 0.1) is 0 Å². The first kappa shape index (κ1) is 15.6. The largest absolute Gasteiger partial charge is 0.468 e. The molecule has 2 nitrogen and oxygen atoms in total. The summed E-state index contributed by atoms with van der Waals surface area (Å²) >= 11 is 0. The van der Waals surface area contributed by atoms with Crippen LogP contribution in [-0.2, 0) is 13.0 Å². The van der Waals surface area contributed by atoms with Crippen LogP contribution in [0.3, 0.4) is 0 Å². The molecule has 23 heavy (non-hydrogen) atoms. The molecule has 1 aromatic heterocycles. The van der Waals surface area contributed by atoms with Gasteiger partial charge >= 0.3 is 0 Å². The van der Waals surface area contributed by atoms with Gasteiger partial charge in [-0.3, -0.25) is 0 Å². The van der Waals surface area contributed by atoms with E-state index >= 15 is 0 Å². The molecule has 0 saturated carbocycles. The van der Waals surface area contributed by atoms with Gasteiger partial charge in [0.15, 0.2) is 0 Å². The second-order valence-electron chi connectivity index (χ2n) is 5.84. The lowest BCUT2D eigenvalue weighted by Crippen LogP contribution is -2.18. The smallest absolute Gasteiger partial charge is 0.117 e. The first-order valence-electron chi connectivity index (χ1n) is 8.24. The fourth-order valence-corrected chi connectivity index (χ4v) is 2.91. The molecule has 3 aromatic rings. The zero-order chi connectivity index (χ0) is 15.7. The molecule has 0 aliphatic heterocycles. The van der Waals surface area contributed by atoms with Gasteiger partial charge in [-0.25, -0.2) is 0 Å². The van der Waals surface area contributed by atoms with Crippen molar-refractivity contribution < 1.29 is 4.42 Å². The monoisotopic (exact) mass is 305 g/mol. The van der Waals surface area contributed by atoms with Gasteiger partial charge < -0.3 is 9.73 Å². The highest BCUT2D eigenvalue weighted by Gasteiger charge is 2.12. The summed E-state index contributed by atoms with van der Waals surface area (Å²) in [4.78, 5) is 0. The van der Waals surface area contributed by atoms with Crippen LogP contribution in [0.2, 0.25) is 0 Å². The summed E-state index contributed by atoms with van der Waals surface area (Å²) in [6, 6.07) is 25.5. The molecule has 0 aliphatic carbocycles. The number of nitrogens with one attached hydrogen (secondary N) is 1. The summed E-state index contributed by atoms with van der Waals surface area (Å²) < 4.78 is 5.36. The molecule has 0 bridgehead atoms. The van der Waals surface area contributed by atoms with Crippen molar-refractivity contribution in [2.45, 2.75) is 25.3 Å². The molecule has 1 N–H and O–H groups in total. The van der Waals surface area contributed by atoms with Crippen LogP contribution in [0.15, 0.2) is 83.5 Å². The number of benzene rings is 2. The highest BCUT2D eigenvalue weighted by Crippen LogP contribution is 2.24. The van der Waals surface area contributed by atoms with Crippen LogP contribution in [0.4, 0.5) is 0 Å². The van der Waals surface area contributed by atoms with Crippen molar-refractivity contribution in [1.82, 2.24) is 5.32 Å². The Kier molecular flexibility index (Phi) is 5.65. The normalized spacial score (nSPS) is 12.2. The van der Waals surface area contributed by atoms with Gasteiger partial charge in [-0.2, -0.15) is 0 Å². The molecule has 118 valence electrons. The first-order valence-corrected chi connectivity index (χ1v) is 8.24. The maximum atomic E-state index is 5.36. The van der Waals surface area contributed by atoms with E-state index in [4.69, 9.17) is 4.42 Å². The first-order chi connectivity index (χ1) is 11.4. The predicted molar refractivity (Wildman–Crippen MR) is 94.4 cm³/mol. The van der Waals surface area contributed by atoms with Crippen LogP contribution in [0.25, 0.3) is 0 Å². The Balaban J connectivity index is 1.58. The third-order valence-electron chi connectivity index (χ3n) is 4.14. The zero-order valence-electron chi connectivity index (χ0n) is 13.3. The molecular formula is C21H23NO. The highest BCUT2D eigenvalue weighted by atomic mass is 16.3. The Bertz CT molecular complexity index is 662. The van der Waals surface area contributed by atoms with E-state index in [-0.39, 0.29) is 0 Å². The van der Waals surface area contributed by atoms with E-state index in [1.54, 1.807) is 6.26 Å². The third-order valence-corrected chi connectivity index (χ3v) is 4.14. The van der Waals surface area contributed by atoms with E-state index in [1.165, 1.54) is 11.1 Å². The minimum Gasteiger partial charge on any atom is -0.468 e. The Morgan fingerprint density at radius 2 is 1.57 bits per heavy atom. The van der Waals surface area contributed by atoms with Gasteiger partial charge in [0.1, 0.15) is 5.76 Å². The van der Waals surface area contributed by atoms with E-state index < -0.39 is 0 Å². The molecule has 3 rings (SSSR count). The second-order valence-corrected chi connectivity index (χ2v) is 5.84. The molecule has 0 radical (unpaired) electrons. The van der Waals surface area contributed by atoms with E-state index in [1.807, 2.05) is 12.1 Å². The molecule has 2 heteroatoms. The van der Waals surface area contributed by atoms with E-state index in [2.05, 4.69) is 66.0 Å². The van der Waals surface area contributed by atoms with Crippen molar-refractivity contribution >= 4 is 0 Å². The Morgan fingerprint density at radius 1 is 0.826 bits per heavy atom. The van der Waals surface area contributed by atoms with Crippen molar-refractivity contribution in [1.29, 1.82) is 0 Å². The minimum atomic E-state index is 0.530. The van der Waals surface area contributed by atoms with Gasteiger partial charge in [0.05, 0.1) is 12.8 Å². The Morgan fingerprint density at radius 3 is 2.26 bits per heavy atom. The highest BCUT2D eigenvalue weighted by molar-refractivity contribution is 5.24. The summed E-state index contributed by atoms with van der Waals surface area (Å²) in [7, 11) is 0. The Labute approximate surface area is 138 Å². The van der Waals surface area contributed by atoms with Crippen molar-refractivity contribution in [2.75, 3.05) is 6.54 Å². The van der Waals surface area contributed by atoms with Gasteiger partial charge in [0.2, 0.25) is 0 Å². The second kappa shape index (κ2) is 8.35. The lowest BCUT2D eigenvalue weighted by atomic mass is 9.89. The van der Waals surface area contributed by atoms with Crippen LogP contribution in [0.5, 0.6) is 0 Å². The van der Waals surface area contributed by atoms with Gasteiger partial charge in [-0.05, 0) is 48.6 Å². The quantitative estimate of drug-likeness (QED) is 0.606. The molecule has 0 unspecified atom stereocenters. The van der Waals surface area contributed by atoms with Crippen LogP contribution in [-0.4, -0.2) is 6.54 Å². The minimum absolute atomic E-state index is 0.530. The standard InChI is InChI=1S/C21H23NO/c1-3-8-18(9-4-1)16-20(19-10-5-2-6-11-19)13-14-22-17-21-12-7-15-23-21/h1-12,15,20,22H,13-14,16-17H2/t20-/m1/s1. The molecule has 0 amide bonds. The van der Waals surface area contributed by atoms with Crippen LogP contribution >= 0.6 is 0 Å². The van der Waals surface area contributed by atoms with Crippen molar-refractivity contribution in [3.05, 3.63) is 95.9 Å². The summed E-state index contributed by atoms with van der Waals surface area (Å²) in [5, 5.41) is 3.48. The van der Waals surface area contributed by atoms with Gasteiger partial charge in [-0.15, -0.1) is 0 Å². The fourth-order valence-electron chi connectivity index (χ4n) is 2.91. The summed E-state index contributed by atoms with van der Waals surface area (Å²) in [5.74, 6) is 1.52. The molecule has 0 spiro atoms. The number of hydrogen-bond donors (Lipinski definition) is 1. The molecule has 0 fully saturated rings. The van der Waals surface area contributed by atoms with E-state index in [9.17, 15) is 0 Å². The van der Waals surface area contributed by atoms with E-state index in [0.29, 0.717) is 5.92 Å². The Hall–Kier alpha value is -2.32. The fraction of sp³-hybridized carbons (Fsp3) is 0.238.